The van der Waals surface area contributed by atoms with Crippen LogP contribution >= 0.6 is 23.4 Å². The summed E-state index contributed by atoms with van der Waals surface area (Å²) in [6, 6.07) is 2.60. The average Bonchev–Trinajstić information content (AvgIpc) is 2.55. The van der Waals surface area contributed by atoms with Gasteiger partial charge in [0.05, 0.1) is 17.3 Å². The zero-order chi connectivity index (χ0) is 19.1. The van der Waals surface area contributed by atoms with Crippen molar-refractivity contribution in [2.45, 2.75) is 51.2 Å². The summed E-state index contributed by atoms with van der Waals surface area (Å²) in [5.41, 5.74) is 0.0542. The van der Waals surface area contributed by atoms with Crippen LogP contribution in [0.2, 0.25) is 5.02 Å². The van der Waals surface area contributed by atoms with Crippen LogP contribution in [0.3, 0.4) is 0 Å². The first kappa shape index (κ1) is 21.8. The Balaban J connectivity index is 2.92. The second-order valence-electron chi connectivity index (χ2n) is 6.21. The Labute approximate surface area is 157 Å². The fourth-order valence-corrected chi connectivity index (χ4v) is 3.01. The zero-order valence-electron chi connectivity index (χ0n) is 15.2. The predicted molar refractivity (Wildman–Crippen MR) is 101 cm³/mol. The van der Waals surface area contributed by atoms with E-state index in [1.165, 1.54) is 17.8 Å². The normalized spacial score (nSPS) is 13.4. The molecule has 0 heterocycles. The van der Waals surface area contributed by atoms with E-state index in [9.17, 15) is 14.0 Å². The number of hydrogen-bond acceptors (Lipinski definition) is 4. The van der Waals surface area contributed by atoms with Crippen molar-refractivity contribution < 1.29 is 18.7 Å². The Bertz CT molecular complexity index is 625. The van der Waals surface area contributed by atoms with Crippen molar-refractivity contribution in [3.8, 4) is 0 Å². The molecule has 1 amide bonds. The van der Waals surface area contributed by atoms with Crippen LogP contribution in [0, 0.1) is 17.7 Å². The van der Waals surface area contributed by atoms with Crippen LogP contribution in [-0.2, 0) is 14.3 Å². The summed E-state index contributed by atoms with van der Waals surface area (Å²) in [7, 11) is 0. The molecule has 1 rings (SSSR count). The minimum Gasteiger partial charge on any atom is -0.465 e. The molecule has 1 aromatic carbocycles. The lowest BCUT2D eigenvalue weighted by Gasteiger charge is -2.17. The van der Waals surface area contributed by atoms with Gasteiger partial charge in [0.2, 0.25) is 5.91 Å². The summed E-state index contributed by atoms with van der Waals surface area (Å²) in [5.74, 6) is -1.35. The number of halogens is 2. The molecule has 2 atom stereocenters. The largest absolute Gasteiger partial charge is 0.465 e. The Hall–Kier alpha value is -1.27. The summed E-state index contributed by atoms with van der Waals surface area (Å²) in [6.45, 7) is 9.60. The van der Waals surface area contributed by atoms with Crippen LogP contribution in [0.5, 0.6) is 0 Å². The number of carbonyl (C=O) groups excluding carboxylic acids is 2. The van der Waals surface area contributed by atoms with E-state index in [4.69, 9.17) is 16.3 Å². The van der Waals surface area contributed by atoms with Crippen molar-refractivity contribution in [2.75, 3.05) is 11.9 Å². The van der Waals surface area contributed by atoms with Crippen LogP contribution in [-0.4, -0.2) is 23.7 Å². The monoisotopic (exact) mass is 389 g/mol. The third-order valence-electron chi connectivity index (χ3n) is 3.78. The highest BCUT2D eigenvalue weighted by Gasteiger charge is 2.21. The number of carbonyl (C=O) groups is 2. The second kappa shape index (κ2) is 10.0. The van der Waals surface area contributed by atoms with Crippen LogP contribution in [0.15, 0.2) is 17.0 Å². The van der Waals surface area contributed by atoms with Gasteiger partial charge < -0.3 is 10.1 Å². The van der Waals surface area contributed by atoms with Gasteiger partial charge in [0, 0.05) is 10.8 Å². The van der Waals surface area contributed by atoms with Gasteiger partial charge in [-0.15, -0.1) is 11.8 Å². The molecule has 4 nitrogen and oxygen atoms in total. The molecule has 25 heavy (non-hydrogen) atoms. The van der Waals surface area contributed by atoms with E-state index in [0.717, 1.165) is 12.5 Å². The molecule has 0 fully saturated rings. The van der Waals surface area contributed by atoms with Gasteiger partial charge in [-0.05, 0) is 31.4 Å². The Kier molecular flexibility index (Phi) is 8.73. The predicted octanol–water partition coefficient (Wildman–Crippen LogP) is 5.14. The quantitative estimate of drug-likeness (QED) is 0.493. The van der Waals surface area contributed by atoms with Gasteiger partial charge in [0.25, 0.3) is 0 Å². The summed E-state index contributed by atoms with van der Waals surface area (Å²) in [6.07, 6.45) is 0.741. The van der Waals surface area contributed by atoms with Crippen LogP contribution < -0.4 is 5.32 Å². The van der Waals surface area contributed by atoms with E-state index in [2.05, 4.69) is 5.32 Å². The lowest BCUT2D eigenvalue weighted by molar-refractivity contribution is -0.142. The first-order chi connectivity index (χ1) is 11.7. The van der Waals surface area contributed by atoms with Crippen LogP contribution in [0.1, 0.15) is 41.0 Å². The van der Waals surface area contributed by atoms with Gasteiger partial charge in [-0.25, -0.2) is 4.39 Å². The number of amides is 1. The molecule has 0 aliphatic rings. The third-order valence-corrected chi connectivity index (χ3v) is 5.34. The summed E-state index contributed by atoms with van der Waals surface area (Å²) in [4.78, 5) is 24.6. The number of benzene rings is 1. The number of esters is 1. The fraction of sp³-hybridized carbons (Fsp3) is 0.556. The zero-order valence-corrected chi connectivity index (χ0v) is 16.8. The van der Waals surface area contributed by atoms with E-state index in [0.29, 0.717) is 11.5 Å². The highest BCUT2D eigenvalue weighted by Crippen LogP contribution is 2.35. The molecule has 0 radical (unpaired) electrons. The molecule has 0 spiro atoms. The van der Waals surface area contributed by atoms with Gasteiger partial charge in [-0.3, -0.25) is 9.59 Å². The minimum absolute atomic E-state index is 0.0542. The number of thioether (sulfide) groups is 1. The number of hydrogen-bond donors (Lipinski definition) is 1. The third kappa shape index (κ3) is 6.51. The van der Waals surface area contributed by atoms with E-state index >= 15 is 0 Å². The molecule has 0 aliphatic carbocycles. The van der Waals surface area contributed by atoms with E-state index in [1.807, 2.05) is 20.8 Å². The molecule has 2 unspecified atom stereocenters. The summed E-state index contributed by atoms with van der Waals surface area (Å²) in [5, 5.41) is 2.29. The summed E-state index contributed by atoms with van der Waals surface area (Å²) < 4.78 is 19.2. The van der Waals surface area contributed by atoms with Crippen LogP contribution in [0.25, 0.3) is 0 Å². The van der Waals surface area contributed by atoms with Crippen LogP contribution in [0.4, 0.5) is 10.1 Å². The first-order valence-electron chi connectivity index (χ1n) is 8.30. The smallest absolute Gasteiger partial charge is 0.319 e. The molecule has 0 saturated carbocycles. The highest BCUT2D eigenvalue weighted by atomic mass is 35.5. The van der Waals surface area contributed by atoms with Gasteiger partial charge in [-0.1, -0.05) is 39.3 Å². The number of anilines is 1. The SMILES string of the molecule is CCCOC(=O)C(C)Sc1cc(NC(=O)C(C)C(C)C)c(F)cc1Cl. The van der Waals surface area contributed by atoms with Crippen molar-refractivity contribution in [2.24, 2.45) is 11.8 Å². The van der Waals surface area contributed by atoms with Crippen molar-refractivity contribution >= 4 is 40.9 Å². The van der Waals surface area contributed by atoms with E-state index in [1.54, 1.807) is 13.8 Å². The van der Waals surface area contributed by atoms with Crippen molar-refractivity contribution in [3.05, 3.63) is 23.0 Å². The molecule has 0 aromatic heterocycles. The molecule has 0 bridgehead atoms. The fourth-order valence-electron chi connectivity index (χ4n) is 1.82. The second-order valence-corrected chi connectivity index (χ2v) is 8.00. The maximum absolute atomic E-state index is 14.1. The molecule has 1 aromatic rings. The molecule has 7 heteroatoms. The molecule has 0 saturated heterocycles. The van der Waals surface area contributed by atoms with Gasteiger partial charge >= 0.3 is 5.97 Å². The maximum Gasteiger partial charge on any atom is 0.319 e. The van der Waals surface area contributed by atoms with Gasteiger partial charge in [0.15, 0.2) is 0 Å². The van der Waals surface area contributed by atoms with Crippen molar-refractivity contribution in [3.63, 3.8) is 0 Å². The Morgan fingerprint density at radius 1 is 1.28 bits per heavy atom. The highest BCUT2D eigenvalue weighted by molar-refractivity contribution is 8.00. The standard InChI is InChI=1S/C18H25ClFNO3S/c1-6-7-24-18(23)12(5)25-16-9-15(14(20)8-13(16)19)21-17(22)11(4)10(2)3/h8-12H,6-7H2,1-5H3,(H,21,22). The number of nitrogens with one attached hydrogen (secondary N) is 1. The van der Waals surface area contributed by atoms with Gasteiger partial charge in [0.1, 0.15) is 11.1 Å². The van der Waals surface area contributed by atoms with Crippen molar-refractivity contribution in [1.82, 2.24) is 0 Å². The first-order valence-corrected chi connectivity index (χ1v) is 9.56. The lowest BCUT2D eigenvalue weighted by Crippen LogP contribution is -2.24. The Morgan fingerprint density at radius 2 is 1.92 bits per heavy atom. The molecule has 1 N–H and O–H groups in total. The molecule has 140 valence electrons. The van der Waals surface area contributed by atoms with E-state index in [-0.39, 0.29) is 34.4 Å². The number of ether oxygens (including phenoxy) is 1. The van der Waals surface area contributed by atoms with Gasteiger partial charge in [-0.2, -0.15) is 0 Å². The Morgan fingerprint density at radius 3 is 2.48 bits per heavy atom. The average molecular weight is 390 g/mol. The maximum atomic E-state index is 14.1. The topological polar surface area (TPSA) is 55.4 Å². The molecule has 0 aliphatic heterocycles. The molecular weight excluding hydrogens is 365 g/mol. The molecular formula is C18H25ClFNO3S. The summed E-state index contributed by atoms with van der Waals surface area (Å²) >= 11 is 7.25. The minimum atomic E-state index is -0.611. The van der Waals surface area contributed by atoms with Crippen molar-refractivity contribution in [1.29, 1.82) is 0 Å². The number of rotatable bonds is 8. The van der Waals surface area contributed by atoms with E-state index < -0.39 is 11.1 Å². The lowest BCUT2D eigenvalue weighted by atomic mass is 9.97.